The third kappa shape index (κ3) is 3.76. The first-order valence-electron chi connectivity index (χ1n) is 9.19. The molecule has 0 aliphatic carbocycles. The number of carboxylic acids is 1. The van der Waals surface area contributed by atoms with Gasteiger partial charge in [-0.2, -0.15) is 4.31 Å². The maximum atomic E-state index is 13.1. The zero-order valence-electron chi connectivity index (χ0n) is 15.5. The molecule has 9 heteroatoms. The summed E-state index contributed by atoms with van der Waals surface area (Å²) in [7, 11) is -3.96. The molecule has 2 aliphatic rings. The molecule has 0 radical (unpaired) electrons. The summed E-state index contributed by atoms with van der Waals surface area (Å²) in [6.45, 7) is 4.40. The fraction of sp³-hybridized carbons (Fsp3) is 0.611. The normalized spacial score (nSPS) is 21.0. The van der Waals surface area contributed by atoms with Gasteiger partial charge in [0.1, 0.15) is 5.75 Å². The Morgan fingerprint density at radius 2 is 1.74 bits per heavy atom. The molecular weight excluding hydrogens is 372 g/mol. The van der Waals surface area contributed by atoms with Gasteiger partial charge >= 0.3 is 5.97 Å². The number of carboxylic acid groups (broad SMARTS) is 1. The average Bonchev–Trinajstić information content (AvgIpc) is 2.69. The van der Waals surface area contributed by atoms with Gasteiger partial charge in [0.15, 0.2) is 4.75 Å². The van der Waals surface area contributed by atoms with Crippen LogP contribution in [0, 0.1) is 0 Å². The second kappa shape index (κ2) is 8.04. The van der Waals surface area contributed by atoms with Crippen LogP contribution in [0.5, 0.6) is 5.75 Å². The minimum absolute atomic E-state index is 0.0101. The van der Waals surface area contributed by atoms with Gasteiger partial charge in [0, 0.05) is 57.9 Å². The maximum absolute atomic E-state index is 13.1. The highest BCUT2D eigenvalue weighted by molar-refractivity contribution is 7.91. The van der Waals surface area contributed by atoms with E-state index in [4.69, 9.17) is 9.47 Å². The van der Waals surface area contributed by atoms with E-state index < -0.39 is 20.7 Å². The standard InChI is InChI=1S/C18H26N2O6S/c1-2-26-16-5-3-15(4-6-16)19-9-11-20(12-10-19)27(23,24)18(17(21)22)7-13-25-14-8-18/h3-6H,2,7-14H2,1H3,(H,21,22). The summed E-state index contributed by atoms with van der Waals surface area (Å²) in [5.74, 6) is -0.481. The van der Waals surface area contributed by atoms with Crippen molar-refractivity contribution in [3.8, 4) is 5.75 Å². The van der Waals surface area contributed by atoms with E-state index in [1.807, 2.05) is 31.2 Å². The van der Waals surface area contributed by atoms with Crippen LogP contribution in [0.15, 0.2) is 24.3 Å². The quantitative estimate of drug-likeness (QED) is 0.768. The first-order valence-corrected chi connectivity index (χ1v) is 10.6. The number of ether oxygens (including phenoxy) is 2. The van der Waals surface area contributed by atoms with Gasteiger partial charge in [-0.1, -0.05) is 0 Å². The molecule has 8 nitrogen and oxygen atoms in total. The highest BCUT2D eigenvalue weighted by atomic mass is 32.2. The molecule has 2 fully saturated rings. The van der Waals surface area contributed by atoms with Crippen molar-refractivity contribution < 1.29 is 27.8 Å². The van der Waals surface area contributed by atoms with Crippen LogP contribution in [-0.2, 0) is 19.6 Å². The Bertz CT molecular complexity index is 751. The Labute approximate surface area is 159 Å². The van der Waals surface area contributed by atoms with Gasteiger partial charge in [0.25, 0.3) is 0 Å². The van der Waals surface area contributed by atoms with Crippen LogP contribution >= 0.6 is 0 Å². The van der Waals surface area contributed by atoms with Crippen LogP contribution in [0.3, 0.4) is 0 Å². The topological polar surface area (TPSA) is 96.4 Å². The van der Waals surface area contributed by atoms with Crippen molar-refractivity contribution in [3.63, 3.8) is 0 Å². The maximum Gasteiger partial charge on any atom is 0.326 e. The van der Waals surface area contributed by atoms with Crippen molar-refractivity contribution in [1.82, 2.24) is 4.31 Å². The molecule has 1 aromatic rings. The van der Waals surface area contributed by atoms with Crippen LogP contribution in [0.1, 0.15) is 19.8 Å². The Hall–Kier alpha value is -1.84. The smallest absolute Gasteiger partial charge is 0.326 e. The number of rotatable bonds is 6. The molecule has 1 N–H and O–H groups in total. The van der Waals surface area contributed by atoms with Crippen LogP contribution in [-0.4, -0.2) is 74.5 Å². The number of carbonyl (C=O) groups is 1. The molecule has 0 atom stereocenters. The SMILES string of the molecule is CCOc1ccc(N2CCN(S(=O)(=O)C3(C(=O)O)CCOCC3)CC2)cc1. The Balaban J connectivity index is 1.69. The monoisotopic (exact) mass is 398 g/mol. The van der Waals surface area contributed by atoms with Crippen molar-refractivity contribution in [2.75, 3.05) is 50.9 Å². The van der Waals surface area contributed by atoms with Gasteiger partial charge in [-0.05, 0) is 31.2 Å². The van der Waals surface area contributed by atoms with Gasteiger partial charge in [-0.15, -0.1) is 0 Å². The molecule has 2 heterocycles. The largest absolute Gasteiger partial charge is 0.494 e. The second-order valence-electron chi connectivity index (χ2n) is 6.73. The molecule has 0 saturated carbocycles. The second-order valence-corrected chi connectivity index (χ2v) is 8.98. The summed E-state index contributed by atoms with van der Waals surface area (Å²) in [5.41, 5.74) is 0.995. The van der Waals surface area contributed by atoms with E-state index in [1.54, 1.807) is 0 Å². The molecule has 2 aliphatic heterocycles. The summed E-state index contributed by atoms with van der Waals surface area (Å²) in [5, 5.41) is 9.67. The van der Waals surface area contributed by atoms with Gasteiger partial charge in [-0.3, -0.25) is 4.79 Å². The molecular formula is C18H26N2O6S. The van der Waals surface area contributed by atoms with E-state index in [0.29, 0.717) is 19.7 Å². The number of aliphatic carboxylic acids is 1. The zero-order valence-corrected chi connectivity index (χ0v) is 16.3. The van der Waals surface area contributed by atoms with E-state index in [-0.39, 0.29) is 39.1 Å². The lowest BCUT2D eigenvalue weighted by Crippen LogP contribution is -2.59. The number of hydrogen-bond acceptors (Lipinski definition) is 6. The number of nitrogens with zero attached hydrogens (tertiary/aromatic N) is 2. The highest BCUT2D eigenvalue weighted by Crippen LogP contribution is 2.34. The van der Waals surface area contributed by atoms with E-state index in [9.17, 15) is 18.3 Å². The molecule has 0 unspecified atom stereocenters. The number of sulfonamides is 1. The zero-order chi connectivity index (χ0) is 19.5. The van der Waals surface area contributed by atoms with Crippen molar-refractivity contribution in [1.29, 1.82) is 0 Å². The lowest BCUT2D eigenvalue weighted by Gasteiger charge is -2.41. The lowest BCUT2D eigenvalue weighted by molar-refractivity contribution is -0.142. The van der Waals surface area contributed by atoms with Crippen molar-refractivity contribution >= 4 is 21.7 Å². The Morgan fingerprint density at radius 1 is 1.15 bits per heavy atom. The molecule has 150 valence electrons. The highest BCUT2D eigenvalue weighted by Gasteiger charge is 2.54. The number of anilines is 1. The fourth-order valence-corrected chi connectivity index (χ4v) is 5.68. The summed E-state index contributed by atoms with van der Waals surface area (Å²) in [6, 6.07) is 7.69. The number of piperazine rings is 1. The Morgan fingerprint density at radius 3 is 2.26 bits per heavy atom. The average molecular weight is 398 g/mol. The number of benzene rings is 1. The molecule has 3 rings (SSSR count). The predicted molar refractivity (Wildman–Crippen MR) is 101 cm³/mol. The summed E-state index contributed by atoms with van der Waals surface area (Å²) in [4.78, 5) is 13.9. The first kappa shape index (κ1) is 19.9. The number of hydrogen-bond donors (Lipinski definition) is 1. The summed E-state index contributed by atoms with van der Waals surface area (Å²) in [6.07, 6.45) is -0.0203. The third-order valence-corrected chi connectivity index (χ3v) is 7.89. The minimum atomic E-state index is -3.96. The van der Waals surface area contributed by atoms with Gasteiger partial charge in [0.2, 0.25) is 10.0 Å². The van der Waals surface area contributed by atoms with E-state index in [1.165, 1.54) is 4.31 Å². The van der Waals surface area contributed by atoms with Crippen molar-refractivity contribution in [3.05, 3.63) is 24.3 Å². The minimum Gasteiger partial charge on any atom is -0.494 e. The van der Waals surface area contributed by atoms with Crippen LogP contribution in [0.2, 0.25) is 0 Å². The third-order valence-electron chi connectivity index (χ3n) is 5.28. The van der Waals surface area contributed by atoms with Crippen molar-refractivity contribution in [2.24, 2.45) is 0 Å². The molecule has 27 heavy (non-hydrogen) atoms. The molecule has 1 aromatic carbocycles. The van der Waals surface area contributed by atoms with E-state index in [0.717, 1.165) is 11.4 Å². The van der Waals surface area contributed by atoms with E-state index >= 15 is 0 Å². The lowest BCUT2D eigenvalue weighted by atomic mass is 9.99. The molecule has 0 aromatic heterocycles. The predicted octanol–water partition coefficient (Wildman–Crippen LogP) is 1.17. The van der Waals surface area contributed by atoms with Gasteiger partial charge in [-0.25, -0.2) is 8.42 Å². The van der Waals surface area contributed by atoms with Gasteiger partial charge < -0.3 is 19.5 Å². The fourth-order valence-electron chi connectivity index (χ4n) is 3.64. The van der Waals surface area contributed by atoms with Crippen LogP contribution in [0.25, 0.3) is 0 Å². The van der Waals surface area contributed by atoms with Gasteiger partial charge in [0.05, 0.1) is 6.61 Å². The molecule has 0 bridgehead atoms. The van der Waals surface area contributed by atoms with Crippen LogP contribution < -0.4 is 9.64 Å². The Kier molecular flexibility index (Phi) is 5.92. The van der Waals surface area contributed by atoms with E-state index in [2.05, 4.69) is 4.90 Å². The van der Waals surface area contributed by atoms with Crippen LogP contribution in [0.4, 0.5) is 5.69 Å². The molecule has 0 amide bonds. The molecule has 2 saturated heterocycles. The first-order chi connectivity index (χ1) is 12.9. The molecule has 0 spiro atoms. The summed E-state index contributed by atoms with van der Waals surface area (Å²) < 4.78 is 36.4. The van der Waals surface area contributed by atoms with Crippen molar-refractivity contribution in [2.45, 2.75) is 24.5 Å². The summed E-state index contributed by atoms with van der Waals surface area (Å²) >= 11 is 0.